The standard InChI is InChI=1S/C16H22N2O4S/c1-11(14-17-15(18-22-14)16(2,3)4)23(20,21)10-13-7-5-12(9-19)6-8-13/h5-8,11,19H,9-10H2,1-4H3. The Hall–Kier alpha value is -1.73. The molecule has 7 heteroatoms. The molecule has 0 saturated carbocycles. The maximum atomic E-state index is 12.5. The highest BCUT2D eigenvalue weighted by molar-refractivity contribution is 7.90. The predicted octanol–water partition coefficient (Wildman–Crippen LogP) is 2.54. The molecule has 0 fully saturated rings. The van der Waals surface area contributed by atoms with Gasteiger partial charge in [-0.05, 0) is 18.1 Å². The molecule has 0 radical (unpaired) electrons. The van der Waals surface area contributed by atoms with Gasteiger partial charge in [-0.3, -0.25) is 0 Å². The summed E-state index contributed by atoms with van der Waals surface area (Å²) in [6, 6.07) is 6.81. The molecule has 6 nitrogen and oxygen atoms in total. The van der Waals surface area contributed by atoms with Crippen LogP contribution in [0.2, 0.25) is 0 Å². The molecule has 23 heavy (non-hydrogen) atoms. The molecule has 0 bridgehead atoms. The number of hydrogen-bond acceptors (Lipinski definition) is 6. The Kier molecular flexibility index (Phi) is 4.91. The zero-order chi connectivity index (χ0) is 17.3. The van der Waals surface area contributed by atoms with Gasteiger partial charge in [0.2, 0.25) is 5.89 Å². The Bertz CT molecular complexity index is 758. The third-order valence-electron chi connectivity index (χ3n) is 3.57. The predicted molar refractivity (Wildman–Crippen MR) is 86.4 cm³/mol. The van der Waals surface area contributed by atoms with Crippen LogP contribution in [-0.4, -0.2) is 23.7 Å². The second kappa shape index (κ2) is 6.41. The van der Waals surface area contributed by atoms with E-state index >= 15 is 0 Å². The number of benzene rings is 1. The molecule has 1 aromatic heterocycles. The third-order valence-corrected chi connectivity index (χ3v) is 5.59. The Morgan fingerprint density at radius 3 is 2.22 bits per heavy atom. The summed E-state index contributed by atoms with van der Waals surface area (Å²) in [6.07, 6.45) is 0. The van der Waals surface area contributed by atoms with Crippen LogP contribution in [0.5, 0.6) is 0 Å². The topological polar surface area (TPSA) is 93.3 Å². The smallest absolute Gasteiger partial charge is 0.244 e. The lowest BCUT2D eigenvalue weighted by atomic mass is 9.96. The van der Waals surface area contributed by atoms with E-state index in [1.165, 1.54) is 0 Å². The summed E-state index contributed by atoms with van der Waals surface area (Å²) in [7, 11) is -3.48. The molecular weight excluding hydrogens is 316 g/mol. The molecule has 0 amide bonds. The summed E-state index contributed by atoms with van der Waals surface area (Å²) in [5.74, 6) is 0.483. The fourth-order valence-electron chi connectivity index (χ4n) is 1.96. The molecule has 0 saturated heterocycles. The number of rotatable bonds is 5. The van der Waals surface area contributed by atoms with Crippen LogP contribution >= 0.6 is 0 Å². The van der Waals surface area contributed by atoms with Crippen molar-refractivity contribution in [2.24, 2.45) is 0 Å². The molecule has 1 aromatic carbocycles. The van der Waals surface area contributed by atoms with Crippen molar-refractivity contribution in [2.45, 2.75) is 50.7 Å². The van der Waals surface area contributed by atoms with E-state index in [0.717, 1.165) is 5.56 Å². The van der Waals surface area contributed by atoms with E-state index in [4.69, 9.17) is 9.63 Å². The van der Waals surface area contributed by atoms with Crippen LogP contribution in [0, 0.1) is 0 Å². The van der Waals surface area contributed by atoms with Crippen molar-refractivity contribution in [3.63, 3.8) is 0 Å². The number of hydrogen-bond donors (Lipinski definition) is 1. The molecule has 0 spiro atoms. The van der Waals surface area contributed by atoms with Crippen molar-refractivity contribution in [2.75, 3.05) is 0 Å². The Balaban J connectivity index is 2.19. The van der Waals surface area contributed by atoms with Crippen molar-refractivity contribution >= 4 is 9.84 Å². The summed E-state index contributed by atoms with van der Waals surface area (Å²) in [6.45, 7) is 7.29. The van der Waals surface area contributed by atoms with E-state index < -0.39 is 15.1 Å². The van der Waals surface area contributed by atoms with Crippen LogP contribution in [0.1, 0.15) is 55.8 Å². The van der Waals surface area contributed by atoms with Crippen LogP contribution < -0.4 is 0 Å². The summed E-state index contributed by atoms with van der Waals surface area (Å²) < 4.78 is 30.2. The highest BCUT2D eigenvalue weighted by Gasteiger charge is 2.30. The molecule has 1 N–H and O–H groups in total. The van der Waals surface area contributed by atoms with Gasteiger partial charge in [-0.25, -0.2) is 8.42 Å². The first-order valence-electron chi connectivity index (χ1n) is 7.38. The van der Waals surface area contributed by atoms with Crippen molar-refractivity contribution in [3.8, 4) is 0 Å². The summed E-state index contributed by atoms with van der Waals surface area (Å²) in [5.41, 5.74) is 1.10. The zero-order valence-corrected chi connectivity index (χ0v) is 14.6. The molecule has 0 aliphatic heterocycles. The Labute approximate surface area is 136 Å². The molecule has 0 aliphatic rings. The number of nitrogens with zero attached hydrogens (tertiary/aromatic N) is 2. The van der Waals surface area contributed by atoms with Gasteiger partial charge in [-0.1, -0.05) is 50.2 Å². The molecular formula is C16H22N2O4S. The van der Waals surface area contributed by atoms with Crippen LogP contribution in [-0.2, 0) is 27.6 Å². The van der Waals surface area contributed by atoms with E-state index in [1.807, 2.05) is 20.8 Å². The lowest BCUT2D eigenvalue weighted by Crippen LogP contribution is -2.15. The fourth-order valence-corrected chi connectivity index (χ4v) is 3.27. The van der Waals surface area contributed by atoms with Gasteiger partial charge < -0.3 is 9.63 Å². The van der Waals surface area contributed by atoms with Crippen LogP contribution in [0.25, 0.3) is 0 Å². The maximum absolute atomic E-state index is 12.5. The molecule has 0 aliphatic carbocycles. The van der Waals surface area contributed by atoms with Gasteiger partial charge in [0.1, 0.15) is 5.25 Å². The average molecular weight is 338 g/mol. The average Bonchev–Trinajstić information content (AvgIpc) is 2.96. The maximum Gasteiger partial charge on any atom is 0.244 e. The lowest BCUT2D eigenvalue weighted by molar-refractivity contribution is 0.282. The number of aromatic nitrogens is 2. The summed E-state index contributed by atoms with van der Waals surface area (Å²) >= 11 is 0. The van der Waals surface area contributed by atoms with Crippen molar-refractivity contribution in [1.29, 1.82) is 0 Å². The van der Waals surface area contributed by atoms with Gasteiger partial charge >= 0.3 is 0 Å². The van der Waals surface area contributed by atoms with Gasteiger partial charge in [-0.15, -0.1) is 0 Å². The first-order chi connectivity index (χ1) is 10.6. The van der Waals surface area contributed by atoms with E-state index in [0.29, 0.717) is 11.4 Å². The first kappa shape index (κ1) is 17.6. The summed E-state index contributed by atoms with van der Waals surface area (Å²) in [4.78, 5) is 4.23. The van der Waals surface area contributed by atoms with E-state index in [2.05, 4.69) is 10.1 Å². The minimum absolute atomic E-state index is 0.0685. The summed E-state index contributed by atoms with van der Waals surface area (Å²) in [5, 5.41) is 12.0. The van der Waals surface area contributed by atoms with Crippen molar-refractivity contribution in [1.82, 2.24) is 10.1 Å². The lowest BCUT2D eigenvalue weighted by Gasteiger charge is -2.12. The van der Waals surface area contributed by atoms with Gasteiger partial charge in [0.05, 0.1) is 12.4 Å². The normalized spacial score (nSPS) is 14.0. The Morgan fingerprint density at radius 1 is 1.17 bits per heavy atom. The second-order valence-corrected chi connectivity index (χ2v) is 8.95. The van der Waals surface area contributed by atoms with Crippen LogP contribution in [0.3, 0.4) is 0 Å². The first-order valence-corrected chi connectivity index (χ1v) is 9.09. The molecule has 1 unspecified atom stereocenters. The highest BCUT2D eigenvalue weighted by Crippen LogP contribution is 2.27. The molecule has 2 aromatic rings. The van der Waals surface area contributed by atoms with Gasteiger partial charge in [0.15, 0.2) is 15.7 Å². The van der Waals surface area contributed by atoms with E-state index in [-0.39, 0.29) is 23.7 Å². The van der Waals surface area contributed by atoms with E-state index in [1.54, 1.807) is 31.2 Å². The minimum atomic E-state index is -3.48. The highest BCUT2D eigenvalue weighted by atomic mass is 32.2. The number of aliphatic hydroxyl groups is 1. The van der Waals surface area contributed by atoms with Gasteiger partial charge in [-0.2, -0.15) is 4.98 Å². The second-order valence-electron chi connectivity index (χ2n) is 6.63. The Morgan fingerprint density at radius 2 is 1.74 bits per heavy atom. The molecule has 1 atom stereocenters. The third kappa shape index (κ3) is 4.17. The van der Waals surface area contributed by atoms with Gasteiger partial charge in [0.25, 0.3) is 0 Å². The minimum Gasteiger partial charge on any atom is -0.392 e. The van der Waals surface area contributed by atoms with Crippen LogP contribution in [0.4, 0.5) is 0 Å². The zero-order valence-electron chi connectivity index (χ0n) is 13.8. The molecule has 2 rings (SSSR count). The SMILES string of the molecule is CC(c1nc(C(C)(C)C)no1)S(=O)(=O)Cc1ccc(CO)cc1. The quantitative estimate of drug-likeness (QED) is 0.900. The number of sulfone groups is 1. The number of aliphatic hydroxyl groups excluding tert-OH is 1. The molecule has 1 heterocycles. The van der Waals surface area contributed by atoms with Crippen molar-refractivity contribution in [3.05, 3.63) is 47.1 Å². The van der Waals surface area contributed by atoms with E-state index in [9.17, 15) is 8.42 Å². The largest absolute Gasteiger partial charge is 0.392 e. The fraction of sp³-hybridized carbons (Fsp3) is 0.500. The van der Waals surface area contributed by atoms with Crippen molar-refractivity contribution < 1.29 is 18.0 Å². The molecule has 126 valence electrons. The van der Waals surface area contributed by atoms with Crippen LogP contribution in [0.15, 0.2) is 28.8 Å². The van der Waals surface area contributed by atoms with Gasteiger partial charge in [0, 0.05) is 5.41 Å². The monoisotopic (exact) mass is 338 g/mol.